The minimum Gasteiger partial charge on any atom is -0.382 e. The van der Waals surface area contributed by atoms with E-state index < -0.39 is 0 Å². The van der Waals surface area contributed by atoms with Gasteiger partial charge >= 0.3 is 0 Å². The van der Waals surface area contributed by atoms with Gasteiger partial charge in [0, 0.05) is 45.1 Å². The van der Waals surface area contributed by atoms with E-state index in [4.69, 9.17) is 9.47 Å². The summed E-state index contributed by atoms with van der Waals surface area (Å²) in [6.07, 6.45) is 1.35. The second kappa shape index (κ2) is 10.3. The van der Waals surface area contributed by atoms with Gasteiger partial charge in [-0.05, 0) is 26.3 Å². The maximum absolute atomic E-state index is 5.72. The van der Waals surface area contributed by atoms with Crippen LogP contribution < -0.4 is 5.32 Å². The molecule has 2 aliphatic heterocycles. The Hall–Kier alpha value is 0.230. The van der Waals surface area contributed by atoms with Crippen LogP contribution in [0.4, 0.5) is 0 Å². The number of ether oxygens (including phenoxy) is 2. The molecule has 6 nitrogen and oxygen atoms in total. The van der Waals surface area contributed by atoms with Crippen molar-refractivity contribution < 1.29 is 9.47 Å². The lowest BCUT2D eigenvalue weighted by Crippen LogP contribution is -2.57. The molecule has 0 aromatic rings. The molecule has 0 aromatic heterocycles. The summed E-state index contributed by atoms with van der Waals surface area (Å²) in [7, 11) is 7.93. The van der Waals surface area contributed by atoms with Gasteiger partial charge in [-0.3, -0.25) is 4.99 Å². The third kappa shape index (κ3) is 5.62. The zero-order valence-electron chi connectivity index (χ0n) is 14.7. The highest BCUT2D eigenvalue weighted by Crippen LogP contribution is 2.31. The van der Waals surface area contributed by atoms with Crippen molar-refractivity contribution in [3.63, 3.8) is 0 Å². The van der Waals surface area contributed by atoms with Crippen molar-refractivity contribution in [1.29, 1.82) is 0 Å². The number of rotatable bonds is 5. The average molecular weight is 458 g/mol. The summed E-state index contributed by atoms with van der Waals surface area (Å²) in [5.74, 6) is 3.40. The first-order chi connectivity index (χ1) is 10.6. The quantitative estimate of drug-likeness (QED) is 0.377. The Morgan fingerprint density at radius 3 is 2.87 bits per heavy atom. The number of guanidine groups is 1. The third-order valence-corrected chi connectivity index (χ3v) is 5.84. The zero-order chi connectivity index (χ0) is 16.0. The van der Waals surface area contributed by atoms with Crippen LogP contribution in [-0.4, -0.2) is 100 Å². The predicted molar refractivity (Wildman–Crippen MR) is 108 cm³/mol. The van der Waals surface area contributed by atoms with E-state index in [1.807, 2.05) is 18.8 Å². The molecule has 2 saturated heterocycles. The van der Waals surface area contributed by atoms with E-state index in [9.17, 15) is 0 Å². The molecule has 2 unspecified atom stereocenters. The van der Waals surface area contributed by atoms with Crippen molar-refractivity contribution in [2.24, 2.45) is 4.99 Å². The molecule has 2 aliphatic rings. The molecule has 2 atom stereocenters. The molecule has 0 bridgehead atoms. The summed E-state index contributed by atoms with van der Waals surface area (Å²) in [5.41, 5.74) is 0.235. The van der Waals surface area contributed by atoms with E-state index in [0.717, 1.165) is 32.2 Å². The Balaban J connectivity index is 0.00000264. The van der Waals surface area contributed by atoms with E-state index in [1.165, 1.54) is 17.9 Å². The molecular formula is C15H31IN4O2S. The molecule has 2 fully saturated rings. The van der Waals surface area contributed by atoms with E-state index in [0.29, 0.717) is 6.61 Å². The lowest BCUT2D eigenvalue weighted by atomic mass is 9.97. The highest BCUT2D eigenvalue weighted by atomic mass is 127. The SMILES string of the molecule is CN=C(NCC1(N(C)C)CCSC1)N1CCOC(COC)C1.I. The fourth-order valence-electron chi connectivity index (χ4n) is 3.02. The number of nitrogens with one attached hydrogen (secondary N) is 1. The van der Waals surface area contributed by atoms with Crippen LogP contribution in [0.1, 0.15) is 6.42 Å². The lowest BCUT2D eigenvalue weighted by molar-refractivity contribution is -0.0448. The van der Waals surface area contributed by atoms with Crippen molar-refractivity contribution in [2.75, 3.05) is 72.6 Å². The van der Waals surface area contributed by atoms with Crippen LogP contribution in [0.3, 0.4) is 0 Å². The molecule has 0 aliphatic carbocycles. The van der Waals surface area contributed by atoms with Gasteiger partial charge in [0.25, 0.3) is 0 Å². The van der Waals surface area contributed by atoms with Crippen LogP contribution in [0.15, 0.2) is 4.99 Å². The largest absolute Gasteiger partial charge is 0.382 e. The summed E-state index contributed by atoms with van der Waals surface area (Å²) in [5, 5.41) is 3.59. The van der Waals surface area contributed by atoms with Crippen LogP contribution in [0.5, 0.6) is 0 Å². The van der Waals surface area contributed by atoms with Gasteiger partial charge in [0.2, 0.25) is 0 Å². The average Bonchev–Trinajstić information content (AvgIpc) is 2.99. The summed E-state index contributed by atoms with van der Waals surface area (Å²) in [6.45, 7) is 4.00. The van der Waals surface area contributed by atoms with Crippen LogP contribution in [0.25, 0.3) is 0 Å². The zero-order valence-corrected chi connectivity index (χ0v) is 17.9. The first-order valence-electron chi connectivity index (χ1n) is 7.92. The van der Waals surface area contributed by atoms with E-state index >= 15 is 0 Å². The van der Waals surface area contributed by atoms with Gasteiger partial charge in [-0.1, -0.05) is 0 Å². The first-order valence-corrected chi connectivity index (χ1v) is 9.08. The number of hydrogen-bond donors (Lipinski definition) is 1. The first kappa shape index (κ1) is 21.3. The molecule has 2 heterocycles. The second-order valence-corrected chi connectivity index (χ2v) is 7.32. The highest BCUT2D eigenvalue weighted by Gasteiger charge is 2.37. The monoisotopic (exact) mass is 458 g/mol. The Kier molecular flexibility index (Phi) is 9.50. The molecule has 0 saturated carbocycles. The third-order valence-electron chi connectivity index (χ3n) is 4.61. The maximum Gasteiger partial charge on any atom is 0.193 e. The summed E-state index contributed by atoms with van der Waals surface area (Å²) < 4.78 is 10.9. The molecule has 0 radical (unpaired) electrons. The fraction of sp³-hybridized carbons (Fsp3) is 0.933. The molecule has 2 rings (SSSR count). The smallest absolute Gasteiger partial charge is 0.193 e. The Bertz CT molecular complexity index is 376. The second-order valence-electron chi connectivity index (χ2n) is 6.22. The van der Waals surface area contributed by atoms with Gasteiger partial charge in [-0.2, -0.15) is 11.8 Å². The highest BCUT2D eigenvalue weighted by molar-refractivity contribution is 14.0. The molecule has 1 N–H and O–H groups in total. The van der Waals surface area contributed by atoms with E-state index in [-0.39, 0.29) is 35.6 Å². The molecule has 0 spiro atoms. The van der Waals surface area contributed by atoms with E-state index in [1.54, 1.807) is 7.11 Å². The van der Waals surface area contributed by atoms with Crippen molar-refractivity contribution in [3.8, 4) is 0 Å². The summed E-state index contributed by atoms with van der Waals surface area (Å²) in [6, 6.07) is 0. The minimum absolute atomic E-state index is 0. The number of methoxy groups -OCH3 is 1. The lowest BCUT2D eigenvalue weighted by Gasteiger charge is -2.39. The fourth-order valence-corrected chi connectivity index (χ4v) is 4.57. The predicted octanol–water partition coefficient (Wildman–Crippen LogP) is 0.964. The molecule has 23 heavy (non-hydrogen) atoms. The minimum atomic E-state index is 0. The maximum atomic E-state index is 5.72. The van der Waals surface area contributed by atoms with Crippen molar-refractivity contribution in [1.82, 2.24) is 15.1 Å². The number of morpholine rings is 1. The van der Waals surface area contributed by atoms with Gasteiger partial charge < -0.3 is 24.6 Å². The van der Waals surface area contributed by atoms with Gasteiger partial charge in [-0.15, -0.1) is 24.0 Å². The van der Waals surface area contributed by atoms with Crippen molar-refractivity contribution in [2.45, 2.75) is 18.1 Å². The Morgan fingerprint density at radius 2 is 2.30 bits per heavy atom. The van der Waals surface area contributed by atoms with Gasteiger partial charge in [-0.25, -0.2) is 0 Å². The standard InChI is InChI=1S/C15H30N4O2S.HI/c1-16-14(19-6-7-21-13(9-19)10-20-4)17-11-15(18(2)3)5-8-22-12-15;/h13H,5-12H2,1-4H3,(H,16,17);1H. The number of aliphatic imine (C=N–C) groups is 1. The van der Waals surface area contributed by atoms with Gasteiger partial charge in [0.05, 0.1) is 19.3 Å². The van der Waals surface area contributed by atoms with Crippen molar-refractivity contribution in [3.05, 3.63) is 0 Å². The van der Waals surface area contributed by atoms with Gasteiger partial charge in [0.1, 0.15) is 0 Å². The van der Waals surface area contributed by atoms with Gasteiger partial charge in [0.15, 0.2) is 5.96 Å². The normalized spacial score (nSPS) is 28.8. The van der Waals surface area contributed by atoms with Crippen LogP contribution >= 0.6 is 35.7 Å². The van der Waals surface area contributed by atoms with Crippen molar-refractivity contribution >= 4 is 41.7 Å². The van der Waals surface area contributed by atoms with Crippen LogP contribution in [0.2, 0.25) is 0 Å². The molecule has 0 aromatic carbocycles. The number of nitrogens with zero attached hydrogens (tertiary/aromatic N) is 3. The topological polar surface area (TPSA) is 49.3 Å². The molecule has 0 amide bonds. The molecule has 8 heteroatoms. The summed E-state index contributed by atoms with van der Waals surface area (Å²) in [4.78, 5) is 9.11. The number of likely N-dealkylation sites (N-methyl/N-ethyl adjacent to an activating group) is 1. The van der Waals surface area contributed by atoms with E-state index in [2.05, 4.69) is 34.2 Å². The number of thioether (sulfide) groups is 1. The van der Waals surface area contributed by atoms with Crippen LogP contribution in [-0.2, 0) is 9.47 Å². The summed E-state index contributed by atoms with van der Waals surface area (Å²) >= 11 is 2.04. The Morgan fingerprint density at radius 1 is 1.52 bits per heavy atom. The molecular weight excluding hydrogens is 427 g/mol. The van der Waals surface area contributed by atoms with Crippen LogP contribution in [0, 0.1) is 0 Å². The number of halogens is 1. The Labute approximate surface area is 161 Å². The number of hydrogen-bond acceptors (Lipinski definition) is 5. The molecule has 136 valence electrons.